The SMILES string of the molecule is NC(N)c1cc2c3cc1CSSCC1CCC(CCC(CCc4ccccc4)CC(O)CO)(C=CC(=O)CCc4ccc(O)c(c4)OCCc4ccc(O)c(c4)C3CC([O-])=C3C=CN=C3CC#C2)C1. The highest BCUT2D eigenvalue weighted by Crippen LogP contribution is 2.50. The Morgan fingerprint density at radius 2 is 1.74 bits per heavy atom. The van der Waals surface area contributed by atoms with Gasteiger partial charge in [-0.25, -0.2) is 0 Å². The number of fused-ring (bicyclic) bond motifs is 9. The Balaban J connectivity index is 1.11. The molecule has 8 rings (SSSR count). The van der Waals surface area contributed by atoms with E-state index in [0.29, 0.717) is 71.9 Å². The van der Waals surface area contributed by atoms with Crippen LogP contribution in [0.15, 0.2) is 120 Å². The quantitative estimate of drug-likeness (QED) is 0.0505. The van der Waals surface area contributed by atoms with Gasteiger partial charge >= 0.3 is 0 Å². The molecule has 5 atom stereocenters. The molecule has 10 nitrogen and oxygen atoms in total. The fourth-order valence-corrected chi connectivity index (χ4v) is 12.9. The van der Waals surface area contributed by atoms with Gasteiger partial charge in [0.25, 0.3) is 0 Å². The number of carbonyl (C=O) groups excluding carboxylic acids is 1. The molecule has 0 radical (unpaired) electrons. The minimum absolute atomic E-state index is 0.00263. The summed E-state index contributed by atoms with van der Waals surface area (Å²) in [5, 5.41) is 57.0. The lowest BCUT2D eigenvalue weighted by atomic mass is 9.76. The Bertz CT molecular complexity index is 2650. The van der Waals surface area contributed by atoms with E-state index < -0.39 is 18.2 Å². The Morgan fingerprint density at radius 1 is 0.928 bits per heavy atom. The average molecular weight is 967 g/mol. The number of benzene rings is 4. The fourth-order valence-electron chi connectivity index (χ4n) is 10.4. The van der Waals surface area contributed by atoms with Crippen molar-refractivity contribution in [1.82, 2.24) is 0 Å². The standard InChI is InChI=1S/C57H65N3O7S2/c58-56(59)48-30-42-7-4-8-51-46(20-25-60-51)54(66)32-49-47(42)31-43(48)36-69-68-35-41-18-23-57(33-41,22-17-39(27-45(63)34-61)10-9-37-5-2-1-3-6-37)24-19-44(62)14-11-38-13-16-53(65)55(29-38)67-26-21-40-12-15-52(64)50(49)28-40/h1-3,5-6,12-13,15-16,19-20,24-25,28-31,39,41,45,49,56,61,63-66H,8-11,14,17-18,21-23,26-27,32-36,58-59H2/p-1. The number of ether oxygens (including phenoxy) is 1. The zero-order valence-electron chi connectivity index (χ0n) is 39.2. The number of phenolic OH excluding ortho intramolecular Hbond substituents is 2. The molecule has 0 amide bonds. The zero-order chi connectivity index (χ0) is 48.3. The smallest absolute Gasteiger partial charge is 0.161 e. The molecule has 69 heavy (non-hydrogen) atoms. The number of aliphatic imine (C=N–C) groups is 1. The highest BCUT2D eigenvalue weighted by atomic mass is 33.1. The predicted molar refractivity (Wildman–Crippen MR) is 276 cm³/mol. The summed E-state index contributed by atoms with van der Waals surface area (Å²) in [5.41, 5.74) is 20.8. The van der Waals surface area contributed by atoms with E-state index in [4.69, 9.17) is 16.2 Å². The Labute approximate surface area is 414 Å². The maximum absolute atomic E-state index is 14.2. The monoisotopic (exact) mass is 966 g/mol. The normalized spacial score (nSPS) is 21.8. The van der Waals surface area contributed by atoms with Crippen molar-refractivity contribution in [2.75, 3.05) is 19.0 Å². The Kier molecular flexibility index (Phi) is 17.1. The second-order valence-electron chi connectivity index (χ2n) is 19.2. The molecule has 0 spiro atoms. The first-order valence-corrected chi connectivity index (χ1v) is 26.8. The van der Waals surface area contributed by atoms with Crippen molar-refractivity contribution >= 4 is 33.1 Å². The second-order valence-corrected chi connectivity index (χ2v) is 21.7. The molecular formula is C57H64N3O7S2-. The molecular weight excluding hydrogens is 903 g/mol. The number of aliphatic hydroxyl groups excluding tert-OH is 2. The Hall–Kier alpha value is -5.26. The third-order valence-corrected chi connectivity index (χ3v) is 16.8. The Morgan fingerprint density at radius 3 is 2.55 bits per heavy atom. The zero-order valence-corrected chi connectivity index (χ0v) is 40.8. The average Bonchev–Trinajstić information content (AvgIpc) is 4.00. The summed E-state index contributed by atoms with van der Waals surface area (Å²) in [6, 6.07) is 25.1. The molecule has 8 N–H and O–H groups in total. The summed E-state index contributed by atoms with van der Waals surface area (Å²) in [6.07, 6.45) is 14.4. The van der Waals surface area contributed by atoms with Crippen molar-refractivity contribution in [2.45, 2.75) is 107 Å². The number of allylic oxidation sites excluding steroid dienone is 5. The first-order valence-electron chi connectivity index (χ1n) is 24.3. The summed E-state index contributed by atoms with van der Waals surface area (Å²) in [6.45, 7) is -0.0419. The number of rotatable bonds is 10. The van der Waals surface area contributed by atoms with Gasteiger partial charge in [-0.2, -0.15) is 0 Å². The predicted octanol–water partition coefficient (Wildman–Crippen LogP) is 9.01. The van der Waals surface area contributed by atoms with Crippen LogP contribution in [0.3, 0.4) is 0 Å². The van der Waals surface area contributed by atoms with Crippen LogP contribution in [-0.2, 0) is 29.8 Å². The largest absolute Gasteiger partial charge is 0.875 e. The van der Waals surface area contributed by atoms with Crippen molar-refractivity contribution in [3.63, 3.8) is 0 Å². The van der Waals surface area contributed by atoms with Gasteiger partial charge in [0, 0.05) is 47.6 Å². The summed E-state index contributed by atoms with van der Waals surface area (Å²) >= 11 is 0. The molecule has 2 aliphatic carbocycles. The van der Waals surface area contributed by atoms with Crippen molar-refractivity contribution in [3.8, 4) is 29.1 Å². The lowest BCUT2D eigenvalue weighted by Crippen LogP contribution is -2.23. The molecule has 8 bridgehead atoms. The van der Waals surface area contributed by atoms with Crippen LogP contribution in [0.25, 0.3) is 0 Å². The summed E-state index contributed by atoms with van der Waals surface area (Å²) < 4.78 is 6.17. The van der Waals surface area contributed by atoms with E-state index >= 15 is 0 Å². The van der Waals surface area contributed by atoms with Gasteiger partial charge in [-0.05, 0) is 157 Å². The van der Waals surface area contributed by atoms with Crippen molar-refractivity contribution in [2.24, 2.45) is 33.7 Å². The van der Waals surface area contributed by atoms with E-state index in [2.05, 4.69) is 41.1 Å². The van der Waals surface area contributed by atoms with Crippen LogP contribution in [0.5, 0.6) is 17.2 Å². The molecule has 4 aromatic carbocycles. The number of aromatic hydroxyl groups is 2. The lowest BCUT2D eigenvalue weighted by molar-refractivity contribution is -0.307. The highest BCUT2D eigenvalue weighted by Gasteiger charge is 2.38. The van der Waals surface area contributed by atoms with E-state index in [-0.39, 0.29) is 54.0 Å². The maximum atomic E-state index is 14.2. The number of hydrogen-bond acceptors (Lipinski definition) is 12. The van der Waals surface area contributed by atoms with Crippen LogP contribution < -0.4 is 21.3 Å². The number of nitrogens with zero attached hydrogens (tertiary/aromatic N) is 1. The molecule has 0 saturated heterocycles. The molecule has 362 valence electrons. The summed E-state index contributed by atoms with van der Waals surface area (Å²) in [5.74, 6) is 8.54. The third kappa shape index (κ3) is 13.1. The molecule has 2 aliphatic heterocycles. The molecule has 4 aliphatic rings. The summed E-state index contributed by atoms with van der Waals surface area (Å²) in [7, 11) is 3.56. The third-order valence-electron chi connectivity index (χ3n) is 14.3. The number of nitrogens with two attached hydrogens (primary N) is 2. The van der Waals surface area contributed by atoms with E-state index in [1.807, 2.05) is 53.3 Å². The molecule has 0 aromatic heterocycles. The number of aryl methyl sites for hydroxylation is 2. The maximum Gasteiger partial charge on any atom is 0.161 e. The van der Waals surface area contributed by atoms with Gasteiger partial charge in [0.05, 0.1) is 37.6 Å². The number of phenols is 2. The number of ketones is 1. The van der Waals surface area contributed by atoms with E-state index in [1.54, 1.807) is 47.3 Å². The first kappa shape index (κ1) is 50.1. The minimum atomic E-state index is -0.778. The van der Waals surface area contributed by atoms with Crippen LogP contribution in [0, 0.1) is 29.1 Å². The second kappa shape index (κ2) is 23.6. The molecule has 2 heterocycles. The fraction of sp³-hybridized carbons (Fsp3) is 0.404. The van der Waals surface area contributed by atoms with Gasteiger partial charge in [-0.3, -0.25) is 9.79 Å². The van der Waals surface area contributed by atoms with Gasteiger partial charge in [0.2, 0.25) is 0 Å². The van der Waals surface area contributed by atoms with Gasteiger partial charge in [0.1, 0.15) is 5.75 Å². The van der Waals surface area contributed by atoms with Crippen LogP contribution in [-0.4, -0.2) is 57.0 Å². The molecule has 4 aromatic rings. The van der Waals surface area contributed by atoms with Gasteiger partial charge < -0.3 is 41.7 Å². The van der Waals surface area contributed by atoms with Crippen molar-refractivity contribution < 1.29 is 35.1 Å². The van der Waals surface area contributed by atoms with Crippen LogP contribution in [0.1, 0.15) is 121 Å². The summed E-state index contributed by atoms with van der Waals surface area (Å²) in [4.78, 5) is 18.1. The van der Waals surface area contributed by atoms with Crippen LogP contribution in [0.4, 0.5) is 0 Å². The number of hydrogen-bond donors (Lipinski definition) is 6. The van der Waals surface area contributed by atoms with E-state index in [9.17, 15) is 30.3 Å². The molecule has 5 unspecified atom stereocenters. The van der Waals surface area contributed by atoms with Crippen molar-refractivity contribution in [3.05, 3.63) is 159 Å². The van der Waals surface area contributed by atoms with Gasteiger partial charge in [-0.1, -0.05) is 94.1 Å². The van der Waals surface area contributed by atoms with Gasteiger partial charge in [0.15, 0.2) is 17.3 Å². The minimum Gasteiger partial charge on any atom is -0.875 e. The topological polar surface area (TPSA) is 195 Å². The van der Waals surface area contributed by atoms with Crippen LogP contribution >= 0.6 is 21.6 Å². The number of aliphatic hydroxyl groups is 2. The highest BCUT2D eigenvalue weighted by molar-refractivity contribution is 8.76. The molecule has 12 heteroatoms. The van der Waals surface area contributed by atoms with Crippen molar-refractivity contribution in [1.29, 1.82) is 0 Å². The number of carbonyl (C=O) groups is 1. The molecule has 1 saturated carbocycles. The van der Waals surface area contributed by atoms with Crippen LogP contribution in [0.2, 0.25) is 0 Å². The van der Waals surface area contributed by atoms with Gasteiger partial charge in [-0.15, -0.1) is 5.76 Å². The lowest BCUT2D eigenvalue weighted by Gasteiger charge is -2.29. The van der Waals surface area contributed by atoms with E-state index in [0.717, 1.165) is 78.5 Å². The first-order chi connectivity index (χ1) is 33.5. The molecule has 1 fully saturated rings. The van der Waals surface area contributed by atoms with E-state index in [1.165, 1.54) is 5.56 Å².